The molecule has 0 saturated carbocycles. The van der Waals surface area contributed by atoms with E-state index in [1.165, 1.54) is 52.8 Å². The van der Waals surface area contributed by atoms with Gasteiger partial charge in [-0.1, -0.05) is 121 Å². The highest BCUT2D eigenvalue weighted by Crippen LogP contribution is 2.38. The lowest BCUT2D eigenvalue weighted by Crippen LogP contribution is -1.96. The molecule has 0 saturated heterocycles. The van der Waals surface area contributed by atoms with Gasteiger partial charge in [-0.15, -0.1) is 11.3 Å². The molecule has 9 aromatic rings. The van der Waals surface area contributed by atoms with Crippen LogP contribution >= 0.6 is 11.3 Å². The molecule has 7 aromatic carbocycles. The Morgan fingerprint density at radius 1 is 0.378 bits per heavy atom. The first-order valence-electron chi connectivity index (χ1n) is 15.2. The Morgan fingerprint density at radius 3 is 1.96 bits per heavy atom. The van der Waals surface area contributed by atoms with E-state index in [9.17, 15) is 0 Å². The van der Waals surface area contributed by atoms with Crippen molar-refractivity contribution in [3.8, 4) is 44.3 Å². The summed E-state index contributed by atoms with van der Waals surface area (Å²) < 4.78 is 1.30. The van der Waals surface area contributed by atoms with Crippen molar-refractivity contribution in [2.45, 2.75) is 0 Å². The average molecular weight is 591 g/mol. The molecule has 0 bridgehead atoms. The molecule has 0 unspecified atom stereocenters. The first-order valence-corrected chi connectivity index (χ1v) is 16.0. The van der Waals surface area contributed by atoms with E-state index in [1.54, 1.807) is 0 Å². The van der Waals surface area contributed by atoms with Gasteiger partial charge in [-0.25, -0.2) is 9.97 Å². The van der Waals surface area contributed by atoms with Crippen molar-refractivity contribution in [2.24, 2.45) is 0 Å². The molecule has 0 amide bonds. The van der Waals surface area contributed by atoms with Crippen molar-refractivity contribution in [3.63, 3.8) is 0 Å². The van der Waals surface area contributed by atoms with Crippen molar-refractivity contribution >= 4 is 53.7 Å². The highest BCUT2D eigenvalue weighted by Gasteiger charge is 2.15. The summed E-state index contributed by atoms with van der Waals surface area (Å²) in [5, 5.41) is 8.68. The molecular formula is C42H26N2S. The van der Waals surface area contributed by atoms with Crippen molar-refractivity contribution in [1.82, 2.24) is 9.97 Å². The zero-order valence-corrected chi connectivity index (χ0v) is 25.1. The lowest BCUT2D eigenvalue weighted by Gasteiger charge is -2.13. The molecule has 3 heteroatoms. The predicted molar refractivity (Wildman–Crippen MR) is 192 cm³/mol. The molecule has 2 aromatic heterocycles. The number of benzene rings is 7. The van der Waals surface area contributed by atoms with E-state index < -0.39 is 0 Å². The zero-order chi connectivity index (χ0) is 29.7. The maximum absolute atomic E-state index is 5.18. The first kappa shape index (κ1) is 25.8. The summed E-state index contributed by atoms with van der Waals surface area (Å²) in [7, 11) is 0. The fraction of sp³-hybridized carbons (Fsp3) is 0. The molecule has 0 aliphatic heterocycles. The second kappa shape index (κ2) is 10.5. The highest BCUT2D eigenvalue weighted by molar-refractivity contribution is 7.22. The van der Waals surface area contributed by atoms with Gasteiger partial charge in [-0.05, 0) is 79.7 Å². The molecule has 0 fully saturated rings. The fourth-order valence-corrected chi connectivity index (χ4v) is 7.47. The van der Waals surface area contributed by atoms with Crippen LogP contribution in [0.4, 0.5) is 0 Å². The van der Waals surface area contributed by atoms with Crippen molar-refractivity contribution in [2.75, 3.05) is 0 Å². The summed E-state index contributed by atoms with van der Waals surface area (Å²) in [6.07, 6.45) is 0. The van der Waals surface area contributed by atoms with Gasteiger partial charge in [0.2, 0.25) is 0 Å². The molecule has 0 aliphatic carbocycles. The van der Waals surface area contributed by atoms with E-state index in [4.69, 9.17) is 9.97 Å². The van der Waals surface area contributed by atoms with Crippen LogP contribution in [0, 0.1) is 0 Å². The van der Waals surface area contributed by atoms with Crippen LogP contribution in [0.15, 0.2) is 158 Å². The molecule has 2 nitrogen and oxygen atoms in total. The minimum absolute atomic E-state index is 0.721. The zero-order valence-electron chi connectivity index (χ0n) is 24.3. The Kier molecular flexibility index (Phi) is 6.03. The van der Waals surface area contributed by atoms with Gasteiger partial charge in [0.05, 0.1) is 11.4 Å². The minimum Gasteiger partial charge on any atom is -0.228 e. The van der Waals surface area contributed by atoms with Crippen LogP contribution in [0.3, 0.4) is 0 Å². The number of hydrogen-bond donors (Lipinski definition) is 0. The van der Waals surface area contributed by atoms with E-state index >= 15 is 0 Å². The van der Waals surface area contributed by atoms with E-state index in [-0.39, 0.29) is 0 Å². The number of hydrogen-bond acceptors (Lipinski definition) is 3. The van der Waals surface area contributed by atoms with Crippen LogP contribution in [-0.2, 0) is 0 Å². The summed E-state index contributed by atoms with van der Waals surface area (Å²) in [4.78, 5) is 11.6. The molecule has 0 aliphatic rings. The fourth-order valence-electron chi connectivity index (χ4n) is 6.41. The van der Waals surface area contributed by atoms with Crippen LogP contribution in [0.5, 0.6) is 0 Å². The Morgan fingerprint density at radius 2 is 1.09 bits per heavy atom. The second-order valence-corrected chi connectivity index (χ2v) is 12.5. The smallest absolute Gasteiger partial charge is 0.160 e. The first-order chi connectivity index (χ1) is 22.3. The number of thiophene rings is 1. The van der Waals surface area contributed by atoms with Crippen molar-refractivity contribution in [3.05, 3.63) is 158 Å². The Bertz CT molecular complexity index is 2510. The van der Waals surface area contributed by atoms with Gasteiger partial charge in [0, 0.05) is 26.3 Å². The van der Waals surface area contributed by atoms with Gasteiger partial charge in [0.25, 0.3) is 0 Å². The largest absolute Gasteiger partial charge is 0.228 e. The monoisotopic (exact) mass is 590 g/mol. The summed E-state index contributed by atoms with van der Waals surface area (Å²) in [6, 6.07) is 56.2. The van der Waals surface area contributed by atoms with Gasteiger partial charge in [0.1, 0.15) is 0 Å². The summed E-state index contributed by atoms with van der Waals surface area (Å²) in [5.41, 5.74) is 6.19. The second-order valence-electron chi connectivity index (χ2n) is 11.4. The third-order valence-electron chi connectivity index (χ3n) is 8.65. The topological polar surface area (TPSA) is 25.8 Å². The standard InChI is InChI=1S/C42H26N2S/c1-2-10-27(11-3-1)42-43-38(31-15-8-16-32(23-31)41-25-33-14-6-7-19-40(33)45-41)26-39(44-42)36-18-9-17-34-35(36)21-20-30-22-28-12-4-5-13-29(28)24-37(30)34/h1-26H. The predicted octanol–water partition coefficient (Wildman–Crippen LogP) is 11.8. The summed E-state index contributed by atoms with van der Waals surface area (Å²) in [6.45, 7) is 0. The van der Waals surface area contributed by atoms with E-state index in [1.807, 2.05) is 29.5 Å². The Balaban J connectivity index is 1.24. The molecule has 0 N–H and O–H groups in total. The molecule has 0 spiro atoms. The van der Waals surface area contributed by atoms with E-state index in [0.29, 0.717) is 0 Å². The lowest BCUT2D eigenvalue weighted by atomic mass is 9.94. The SMILES string of the molecule is c1ccc(-c2nc(-c3cccc(-c4cc5ccccc5s4)c3)cc(-c3cccc4c3ccc3cc5ccccc5cc34)n2)cc1. The maximum Gasteiger partial charge on any atom is 0.160 e. The van der Waals surface area contributed by atoms with Gasteiger partial charge in [-0.3, -0.25) is 0 Å². The molecule has 0 atom stereocenters. The average Bonchev–Trinajstić information content (AvgIpc) is 3.55. The molecule has 210 valence electrons. The number of nitrogens with zero attached hydrogens (tertiary/aromatic N) is 2. The third-order valence-corrected chi connectivity index (χ3v) is 9.81. The number of rotatable bonds is 4. The van der Waals surface area contributed by atoms with E-state index in [0.717, 1.165) is 33.9 Å². The number of fused-ring (bicyclic) bond motifs is 5. The van der Waals surface area contributed by atoms with Crippen LogP contribution in [-0.4, -0.2) is 9.97 Å². The summed E-state index contributed by atoms with van der Waals surface area (Å²) >= 11 is 1.82. The van der Waals surface area contributed by atoms with Gasteiger partial charge < -0.3 is 0 Å². The Labute approximate surface area is 264 Å². The molecular weight excluding hydrogens is 565 g/mol. The molecule has 0 radical (unpaired) electrons. The van der Waals surface area contributed by atoms with Gasteiger partial charge >= 0.3 is 0 Å². The van der Waals surface area contributed by atoms with Crippen LogP contribution < -0.4 is 0 Å². The molecule has 2 heterocycles. The lowest BCUT2D eigenvalue weighted by molar-refractivity contribution is 1.18. The highest BCUT2D eigenvalue weighted by atomic mass is 32.1. The number of aromatic nitrogens is 2. The van der Waals surface area contributed by atoms with Crippen LogP contribution in [0.2, 0.25) is 0 Å². The molecule has 45 heavy (non-hydrogen) atoms. The van der Waals surface area contributed by atoms with E-state index in [2.05, 4.69) is 140 Å². The van der Waals surface area contributed by atoms with Crippen molar-refractivity contribution in [1.29, 1.82) is 0 Å². The van der Waals surface area contributed by atoms with Crippen molar-refractivity contribution < 1.29 is 0 Å². The Hall–Kier alpha value is -5.64. The van der Waals surface area contributed by atoms with Crippen LogP contribution in [0.1, 0.15) is 0 Å². The van der Waals surface area contributed by atoms with Crippen LogP contribution in [0.25, 0.3) is 86.7 Å². The normalized spacial score (nSPS) is 11.6. The van der Waals surface area contributed by atoms with Gasteiger partial charge in [0.15, 0.2) is 5.82 Å². The maximum atomic E-state index is 5.18. The third kappa shape index (κ3) is 4.57. The van der Waals surface area contributed by atoms with Gasteiger partial charge in [-0.2, -0.15) is 0 Å². The molecule has 9 rings (SSSR count). The minimum atomic E-state index is 0.721. The quantitative estimate of drug-likeness (QED) is 0.150. The summed E-state index contributed by atoms with van der Waals surface area (Å²) in [5.74, 6) is 0.721.